The molecule has 2 N–H and O–H groups in total. The summed E-state index contributed by atoms with van der Waals surface area (Å²) in [6.07, 6.45) is 0.710. The minimum Gasteiger partial charge on any atom is -0.491 e. The Hall–Kier alpha value is -1.62. The third-order valence-electron chi connectivity index (χ3n) is 2.47. The van der Waals surface area contributed by atoms with Crippen LogP contribution in [-0.2, 0) is 4.79 Å². The van der Waals surface area contributed by atoms with Crippen molar-refractivity contribution in [2.75, 3.05) is 24.6 Å². The lowest BCUT2D eigenvalue weighted by Crippen LogP contribution is -2.36. The maximum absolute atomic E-state index is 13.1. The third-order valence-corrected chi connectivity index (χ3v) is 2.47. The van der Waals surface area contributed by atoms with Crippen LogP contribution in [0.4, 0.5) is 10.1 Å². The molecule has 86 valence electrons. The first-order valence-electron chi connectivity index (χ1n) is 5.15. The summed E-state index contributed by atoms with van der Waals surface area (Å²) in [5.74, 6) is -0.0860. The molecule has 1 aromatic rings. The van der Waals surface area contributed by atoms with E-state index in [1.807, 2.05) is 0 Å². The Morgan fingerprint density at radius 3 is 3.12 bits per heavy atom. The molecule has 0 unspecified atom stereocenters. The summed E-state index contributed by atoms with van der Waals surface area (Å²) in [5, 5.41) is 0. The molecule has 0 aromatic heterocycles. The maximum atomic E-state index is 13.1. The quantitative estimate of drug-likeness (QED) is 0.771. The van der Waals surface area contributed by atoms with Crippen molar-refractivity contribution in [1.82, 2.24) is 0 Å². The first-order chi connectivity index (χ1) is 7.72. The van der Waals surface area contributed by atoms with Crippen LogP contribution >= 0.6 is 0 Å². The molecule has 4 nitrogen and oxygen atoms in total. The van der Waals surface area contributed by atoms with Gasteiger partial charge < -0.3 is 15.4 Å². The van der Waals surface area contributed by atoms with E-state index in [1.54, 1.807) is 0 Å². The Labute approximate surface area is 92.8 Å². The topological polar surface area (TPSA) is 55.6 Å². The summed E-state index contributed by atoms with van der Waals surface area (Å²) in [6.45, 7) is 0.940. The lowest BCUT2D eigenvalue weighted by molar-refractivity contribution is -0.117. The molecule has 5 heteroatoms. The first-order valence-corrected chi connectivity index (χ1v) is 5.15. The average Bonchev–Trinajstić information content (AvgIpc) is 2.50. The summed E-state index contributed by atoms with van der Waals surface area (Å²) in [5.41, 5.74) is 5.79. The largest absolute Gasteiger partial charge is 0.491 e. The van der Waals surface area contributed by atoms with E-state index in [9.17, 15) is 9.18 Å². The molecule has 0 saturated carbocycles. The van der Waals surface area contributed by atoms with Crippen molar-refractivity contribution in [3.8, 4) is 5.75 Å². The summed E-state index contributed by atoms with van der Waals surface area (Å²) >= 11 is 0. The van der Waals surface area contributed by atoms with Crippen LogP contribution in [0.3, 0.4) is 0 Å². The fraction of sp³-hybridized carbons (Fsp3) is 0.364. The van der Waals surface area contributed by atoms with Crippen LogP contribution in [0.2, 0.25) is 0 Å². The van der Waals surface area contributed by atoms with Gasteiger partial charge in [0.2, 0.25) is 5.91 Å². The van der Waals surface area contributed by atoms with Gasteiger partial charge >= 0.3 is 0 Å². The number of hydrogen-bond acceptors (Lipinski definition) is 3. The van der Waals surface area contributed by atoms with Gasteiger partial charge in [-0.15, -0.1) is 0 Å². The molecule has 16 heavy (non-hydrogen) atoms. The van der Waals surface area contributed by atoms with Crippen molar-refractivity contribution in [1.29, 1.82) is 0 Å². The van der Waals surface area contributed by atoms with Gasteiger partial charge in [-0.1, -0.05) is 0 Å². The number of nitrogens with two attached hydrogens (primary N) is 1. The van der Waals surface area contributed by atoms with E-state index >= 15 is 0 Å². The number of rotatable bonds is 1. The van der Waals surface area contributed by atoms with Gasteiger partial charge in [-0.3, -0.25) is 4.79 Å². The molecule has 1 aliphatic heterocycles. The Morgan fingerprint density at radius 2 is 2.38 bits per heavy atom. The second kappa shape index (κ2) is 4.49. The minimum atomic E-state index is -0.390. The molecule has 0 spiro atoms. The zero-order valence-electron chi connectivity index (χ0n) is 8.78. The van der Waals surface area contributed by atoms with E-state index in [0.29, 0.717) is 31.0 Å². The van der Waals surface area contributed by atoms with Gasteiger partial charge in [0.05, 0.1) is 18.8 Å². The highest BCUT2D eigenvalue weighted by molar-refractivity contribution is 5.96. The van der Waals surface area contributed by atoms with Crippen LogP contribution in [0, 0.1) is 5.82 Å². The number of amides is 1. The molecule has 2 rings (SSSR count). The number of carbonyl (C=O) groups excluding carboxylic acids is 1. The predicted molar refractivity (Wildman–Crippen MR) is 57.9 cm³/mol. The molecule has 0 bridgehead atoms. The average molecular weight is 224 g/mol. The third kappa shape index (κ3) is 1.99. The molecule has 0 atom stereocenters. The Morgan fingerprint density at radius 1 is 1.56 bits per heavy atom. The van der Waals surface area contributed by atoms with Gasteiger partial charge in [0.25, 0.3) is 0 Å². The molecule has 1 aromatic carbocycles. The molecular formula is C11H13FN2O2. The highest BCUT2D eigenvalue weighted by Gasteiger charge is 2.21. The first kappa shape index (κ1) is 10.9. The van der Waals surface area contributed by atoms with Crippen LogP contribution in [0.15, 0.2) is 18.2 Å². The highest BCUT2D eigenvalue weighted by Crippen LogP contribution is 2.31. The number of ether oxygens (including phenoxy) is 1. The van der Waals surface area contributed by atoms with E-state index in [4.69, 9.17) is 10.5 Å². The number of nitrogens with zero attached hydrogens (tertiary/aromatic N) is 1. The van der Waals surface area contributed by atoms with Gasteiger partial charge in [0.15, 0.2) is 0 Å². The fourth-order valence-corrected chi connectivity index (χ4v) is 1.72. The molecule has 1 aliphatic rings. The number of anilines is 1. The summed E-state index contributed by atoms with van der Waals surface area (Å²) in [7, 11) is 0. The summed E-state index contributed by atoms with van der Waals surface area (Å²) < 4.78 is 18.6. The molecule has 0 fully saturated rings. The van der Waals surface area contributed by atoms with Crippen molar-refractivity contribution in [2.24, 2.45) is 5.73 Å². The molecule has 1 amide bonds. The van der Waals surface area contributed by atoms with Crippen LogP contribution in [0.5, 0.6) is 5.75 Å². The predicted octanol–water partition coefficient (Wildman–Crippen LogP) is 0.900. The maximum Gasteiger partial charge on any atom is 0.240 e. The SMILES string of the molecule is NCC(=O)N1CCCOc2ccc(F)cc21. The molecule has 0 saturated heterocycles. The normalized spacial score (nSPS) is 15.0. The molecule has 0 aliphatic carbocycles. The van der Waals surface area contributed by atoms with Gasteiger partial charge in [-0.25, -0.2) is 4.39 Å². The minimum absolute atomic E-state index is 0.0873. The Kier molecular flexibility index (Phi) is 3.05. The van der Waals surface area contributed by atoms with Crippen molar-refractivity contribution in [3.63, 3.8) is 0 Å². The highest BCUT2D eigenvalue weighted by atomic mass is 19.1. The smallest absolute Gasteiger partial charge is 0.240 e. The van der Waals surface area contributed by atoms with Crippen LogP contribution in [0.1, 0.15) is 6.42 Å². The van der Waals surface area contributed by atoms with Crippen molar-refractivity contribution in [2.45, 2.75) is 6.42 Å². The van der Waals surface area contributed by atoms with Gasteiger partial charge in [0, 0.05) is 12.6 Å². The van der Waals surface area contributed by atoms with E-state index in [0.717, 1.165) is 0 Å². The molecular weight excluding hydrogens is 211 g/mol. The standard InChI is InChI=1S/C11H13FN2O2/c12-8-2-3-10-9(6-8)14(11(15)7-13)4-1-5-16-10/h2-3,6H,1,4-5,7,13H2. The van der Waals surface area contributed by atoms with E-state index in [1.165, 1.54) is 23.1 Å². The lowest BCUT2D eigenvalue weighted by Gasteiger charge is -2.20. The van der Waals surface area contributed by atoms with E-state index in [2.05, 4.69) is 0 Å². The number of benzene rings is 1. The number of fused-ring (bicyclic) bond motifs is 1. The van der Waals surface area contributed by atoms with Gasteiger partial charge in [-0.2, -0.15) is 0 Å². The van der Waals surface area contributed by atoms with Gasteiger partial charge in [0.1, 0.15) is 11.6 Å². The zero-order valence-corrected chi connectivity index (χ0v) is 8.78. The second-order valence-electron chi connectivity index (χ2n) is 3.56. The van der Waals surface area contributed by atoms with Crippen LogP contribution in [-0.4, -0.2) is 25.6 Å². The monoisotopic (exact) mass is 224 g/mol. The number of carbonyl (C=O) groups is 1. The Balaban J connectivity index is 2.42. The number of hydrogen-bond donors (Lipinski definition) is 1. The Bertz CT molecular complexity index is 409. The molecule has 1 heterocycles. The van der Waals surface area contributed by atoms with Crippen LogP contribution < -0.4 is 15.4 Å². The van der Waals surface area contributed by atoms with E-state index in [-0.39, 0.29) is 18.3 Å². The summed E-state index contributed by atoms with van der Waals surface area (Å²) in [6, 6.07) is 4.15. The van der Waals surface area contributed by atoms with Crippen molar-refractivity contribution < 1.29 is 13.9 Å². The summed E-state index contributed by atoms with van der Waals surface area (Å²) in [4.78, 5) is 13.1. The second-order valence-corrected chi connectivity index (χ2v) is 3.56. The fourth-order valence-electron chi connectivity index (χ4n) is 1.72. The zero-order chi connectivity index (χ0) is 11.5. The van der Waals surface area contributed by atoms with E-state index < -0.39 is 0 Å². The van der Waals surface area contributed by atoms with Crippen LogP contribution in [0.25, 0.3) is 0 Å². The van der Waals surface area contributed by atoms with Crippen molar-refractivity contribution in [3.05, 3.63) is 24.0 Å². The van der Waals surface area contributed by atoms with Crippen molar-refractivity contribution >= 4 is 11.6 Å². The van der Waals surface area contributed by atoms with Gasteiger partial charge in [-0.05, 0) is 18.6 Å². The molecule has 0 radical (unpaired) electrons. The number of halogens is 1. The lowest BCUT2D eigenvalue weighted by atomic mass is 10.2.